The van der Waals surface area contributed by atoms with Crippen molar-refractivity contribution >= 4 is 31.9 Å². The van der Waals surface area contributed by atoms with Crippen LogP contribution in [0.5, 0.6) is 0 Å². The Kier molecular flexibility index (Phi) is 5.38. The molecule has 0 saturated heterocycles. The zero-order valence-electron chi connectivity index (χ0n) is 5.32. The van der Waals surface area contributed by atoms with Crippen molar-refractivity contribution in [2.75, 3.05) is 0 Å². The molecule has 0 saturated carbocycles. The molecule has 0 amide bonds. The van der Waals surface area contributed by atoms with Crippen LogP contribution >= 0.6 is 31.9 Å². The van der Waals surface area contributed by atoms with E-state index in [0.717, 1.165) is 0 Å². The lowest BCUT2D eigenvalue weighted by Gasteiger charge is -2.10. The molecule has 0 aromatic heterocycles. The Morgan fingerprint density at radius 1 is 1.00 bits per heavy atom. The topological polar surface area (TPSA) is 0 Å². The molecule has 0 spiro atoms. The van der Waals surface area contributed by atoms with Crippen LogP contribution < -0.4 is 0 Å². The molecule has 0 aromatic rings. The van der Waals surface area contributed by atoms with Crippen molar-refractivity contribution < 1.29 is 0 Å². The number of alkyl halides is 2. The van der Waals surface area contributed by atoms with E-state index in [4.69, 9.17) is 0 Å². The zero-order valence-corrected chi connectivity index (χ0v) is 8.50. The van der Waals surface area contributed by atoms with E-state index >= 15 is 0 Å². The van der Waals surface area contributed by atoms with Crippen molar-refractivity contribution in [1.82, 2.24) is 0 Å². The molecule has 0 nitrogen and oxygen atoms in total. The van der Waals surface area contributed by atoms with Crippen molar-refractivity contribution in [3.8, 4) is 0 Å². The van der Waals surface area contributed by atoms with Gasteiger partial charge in [-0.2, -0.15) is 0 Å². The number of rotatable bonds is 3. The Labute approximate surface area is 68.3 Å². The van der Waals surface area contributed by atoms with Gasteiger partial charge in [-0.25, -0.2) is 0 Å². The molecule has 8 heavy (non-hydrogen) atoms. The van der Waals surface area contributed by atoms with E-state index in [-0.39, 0.29) is 0 Å². The third-order valence-electron chi connectivity index (χ3n) is 1.17. The van der Waals surface area contributed by atoms with E-state index in [1.54, 1.807) is 0 Å². The summed E-state index contributed by atoms with van der Waals surface area (Å²) < 4.78 is 0. The van der Waals surface area contributed by atoms with Gasteiger partial charge in [0.1, 0.15) is 0 Å². The molecule has 0 aliphatic heterocycles. The van der Waals surface area contributed by atoms with Crippen molar-refractivity contribution in [2.45, 2.75) is 36.3 Å². The fraction of sp³-hybridized carbons (Fsp3) is 1.00. The Morgan fingerprint density at radius 2 is 1.25 bits per heavy atom. The first-order valence-corrected chi connectivity index (χ1v) is 4.83. The van der Waals surface area contributed by atoms with Crippen molar-refractivity contribution in [3.63, 3.8) is 0 Å². The first-order valence-electron chi connectivity index (χ1n) is 3.00. The molecule has 0 aliphatic rings. The van der Waals surface area contributed by atoms with Gasteiger partial charge in [0.2, 0.25) is 0 Å². The molecular formula is C6H12Br2. The maximum Gasteiger partial charge on any atom is 0.0268 e. The van der Waals surface area contributed by atoms with Gasteiger partial charge in [0, 0.05) is 9.65 Å². The van der Waals surface area contributed by atoms with Crippen LogP contribution in [0.3, 0.4) is 0 Å². The van der Waals surface area contributed by atoms with Gasteiger partial charge in [-0.15, -0.1) is 0 Å². The van der Waals surface area contributed by atoms with Crippen molar-refractivity contribution in [2.24, 2.45) is 0 Å². The molecule has 0 aliphatic carbocycles. The van der Waals surface area contributed by atoms with Crippen molar-refractivity contribution in [1.29, 1.82) is 0 Å². The fourth-order valence-corrected chi connectivity index (χ4v) is 1.26. The Bertz CT molecular complexity index is 46.5. The largest absolute Gasteiger partial charge is 0.0879 e. The molecule has 50 valence electrons. The summed E-state index contributed by atoms with van der Waals surface area (Å²) in [6.45, 7) is 4.37. The average molecular weight is 244 g/mol. The van der Waals surface area contributed by atoms with Gasteiger partial charge in [0.15, 0.2) is 0 Å². The molecule has 0 N–H and O–H groups in total. The summed E-state index contributed by atoms with van der Waals surface area (Å²) in [5.74, 6) is 0. The van der Waals surface area contributed by atoms with E-state index in [1.807, 2.05) is 0 Å². The quantitative estimate of drug-likeness (QED) is 0.668. The smallest absolute Gasteiger partial charge is 0.0268 e. The average Bonchev–Trinajstić information content (AvgIpc) is 1.84. The predicted octanol–water partition coefficient (Wildman–Crippen LogP) is 3.33. The van der Waals surface area contributed by atoms with Crippen LogP contribution in [0.25, 0.3) is 0 Å². The minimum absolute atomic E-state index is 0.646. The summed E-state index contributed by atoms with van der Waals surface area (Å²) in [5, 5.41) is 0. The van der Waals surface area contributed by atoms with E-state index < -0.39 is 0 Å². The lowest BCUT2D eigenvalue weighted by molar-refractivity contribution is 0.758. The minimum atomic E-state index is 0.646. The minimum Gasteiger partial charge on any atom is -0.0879 e. The lowest BCUT2D eigenvalue weighted by atomic mass is 10.2. The van der Waals surface area contributed by atoms with Gasteiger partial charge in [-0.05, 0) is 12.8 Å². The molecule has 0 fully saturated rings. The number of halogens is 2. The predicted molar refractivity (Wildman–Crippen MR) is 46.0 cm³/mol. The SMILES string of the molecule is CCC(Br)C(Br)CC. The first-order chi connectivity index (χ1) is 3.72. The normalized spacial score (nSPS) is 18.0. The Hall–Kier alpha value is 0.960. The second kappa shape index (κ2) is 4.80. The van der Waals surface area contributed by atoms with Crippen LogP contribution in [0.15, 0.2) is 0 Å². The molecule has 2 atom stereocenters. The third-order valence-corrected chi connectivity index (χ3v) is 4.45. The van der Waals surface area contributed by atoms with Crippen LogP contribution in [0, 0.1) is 0 Å². The van der Waals surface area contributed by atoms with Gasteiger partial charge >= 0.3 is 0 Å². The Morgan fingerprint density at radius 3 is 1.38 bits per heavy atom. The van der Waals surface area contributed by atoms with Crippen molar-refractivity contribution in [3.05, 3.63) is 0 Å². The molecule has 0 bridgehead atoms. The second-order valence-electron chi connectivity index (χ2n) is 1.85. The molecule has 0 aromatic carbocycles. The maximum absolute atomic E-state index is 3.56. The summed E-state index contributed by atoms with van der Waals surface area (Å²) >= 11 is 7.11. The highest BCUT2D eigenvalue weighted by Gasteiger charge is 2.09. The van der Waals surface area contributed by atoms with E-state index in [2.05, 4.69) is 45.7 Å². The highest BCUT2D eigenvalue weighted by molar-refractivity contribution is 9.12. The zero-order chi connectivity index (χ0) is 6.57. The molecule has 0 rings (SSSR count). The fourth-order valence-electron chi connectivity index (χ4n) is 0.512. The van der Waals surface area contributed by atoms with Gasteiger partial charge in [-0.1, -0.05) is 45.7 Å². The standard InChI is InChI=1S/C6H12Br2/c1-3-5(7)6(8)4-2/h5-6H,3-4H2,1-2H3. The van der Waals surface area contributed by atoms with Crippen LogP contribution in [0.4, 0.5) is 0 Å². The maximum atomic E-state index is 3.56. The van der Waals surface area contributed by atoms with E-state index in [1.165, 1.54) is 12.8 Å². The van der Waals surface area contributed by atoms with Gasteiger partial charge in [0.25, 0.3) is 0 Å². The molecular weight excluding hydrogens is 232 g/mol. The first kappa shape index (κ1) is 8.96. The highest BCUT2D eigenvalue weighted by atomic mass is 79.9. The monoisotopic (exact) mass is 242 g/mol. The van der Waals surface area contributed by atoms with E-state index in [0.29, 0.717) is 9.65 Å². The summed E-state index contributed by atoms with van der Waals surface area (Å²) in [5.41, 5.74) is 0. The Balaban J connectivity index is 3.29. The molecule has 0 heterocycles. The number of hydrogen-bond acceptors (Lipinski definition) is 0. The molecule has 2 unspecified atom stereocenters. The van der Waals surface area contributed by atoms with Crippen LogP contribution in [0.1, 0.15) is 26.7 Å². The highest BCUT2D eigenvalue weighted by Crippen LogP contribution is 2.19. The molecule has 2 heteroatoms. The van der Waals surface area contributed by atoms with Crippen LogP contribution in [-0.4, -0.2) is 9.65 Å². The lowest BCUT2D eigenvalue weighted by Crippen LogP contribution is -2.10. The summed E-state index contributed by atoms with van der Waals surface area (Å²) in [6, 6.07) is 0. The van der Waals surface area contributed by atoms with Crippen LogP contribution in [-0.2, 0) is 0 Å². The van der Waals surface area contributed by atoms with Gasteiger partial charge in [-0.3, -0.25) is 0 Å². The second-order valence-corrected chi connectivity index (χ2v) is 4.20. The van der Waals surface area contributed by atoms with Gasteiger partial charge < -0.3 is 0 Å². The molecule has 0 radical (unpaired) electrons. The summed E-state index contributed by atoms with van der Waals surface area (Å²) in [4.78, 5) is 1.29. The van der Waals surface area contributed by atoms with Crippen LogP contribution in [0.2, 0.25) is 0 Å². The summed E-state index contributed by atoms with van der Waals surface area (Å²) in [6.07, 6.45) is 2.40. The number of hydrogen-bond donors (Lipinski definition) is 0. The third kappa shape index (κ3) is 3.08. The van der Waals surface area contributed by atoms with Gasteiger partial charge in [0.05, 0.1) is 0 Å². The summed E-state index contributed by atoms with van der Waals surface area (Å²) in [7, 11) is 0. The van der Waals surface area contributed by atoms with E-state index in [9.17, 15) is 0 Å².